The Bertz CT molecular complexity index is 887. The van der Waals surface area contributed by atoms with Crippen molar-refractivity contribution in [2.75, 3.05) is 18.8 Å². The van der Waals surface area contributed by atoms with Crippen molar-refractivity contribution in [1.82, 2.24) is 14.5 Å². The number of piperidine rings is 1. The average molecular weight is 416 g/mol. The number of likely N-dealkylation sites (tertiary alicyclic amines) is 1. The molecular weight excluding hydrogens is 382 g/mol. The number of hydrogen-bond acceptors (Lipinski definition) is 4. The second kappa shape index (κ2) is 10.3. The molecule has 1 fully saturated rings. The summed E-state index contributed by atoms with van der Waals surface area (Å²) in [5.74, 6) is 1.14. The minimum atomic E-state index is 0.000526. The summed E-state index contributed by atoms with van der Waals surface area (Å²) in [5, 5.41) is 1.31. The lowest BCUT2D eigenvalue weighted by Crippen LogP contribution is -2.37. The molecule has 29 heavy (non-hydrogen) atoms. The second-order valence-electron chi connectivity index (χ2n) is 8.49. The Balaban J connectivity index is 1.83. The van der Waals surface area contributed by atoms with Gasteiger partial charge in [0.15, 0.2) is 5.16 Å². The number of nitrogens with zero attached hydrogens (tertiary/aromatic N) is 3. The first-order valence-corrected chi connectivity index (χ1v) is 11.9. The van der Waals surface area contributed by atoms with E-state index in [0.29, 0.717) is 27.7 Å². The second-order valence-corrected chi connectivity index (χ2v) is 9.43. The highest BCUT2D eigenvalue weighted by Crippen LogP contribution is 2.25. The maximum atomic E-state index is 13.2. The van der Waals surface area contributed by atoms with Gasteiger partial charge in [-0.1, -0.05) is 50.6 Å². The molecule has 5 nitrogen and oxygen atoms in total. The van der Waals surface area contributed by atoms with Crippen molar-refractivity contribution in [3.8, 4) is 0 Å². The molecule has 158 valence electrons. The zero-order valence-corrected chi connectivity index (χ0v) is 18.7. The van der Waals surface area contributed by atoms with Gasteiger partial charge < -0.3 is 4.90 Å². The number of aromatic nitrogens is 2. The van der Waals surface area contributed by atoms with Crippen LogP contribution >= 0.6 is 11.8 Å². The number of benzene rings is 1. The number of amides is 1. The summed E-state index contributed by atoms with van der Waals surface area (Å²) < 4.78 is 1.82. The lowest BCUT2D eigenvalue weighted by Gasteiger charge is -2.27. The third-order valence-electron chi connectivity index (χ3n) is 5.65. The summed E-state index contributed by atoms with van der Waals surface area (Å²) in [6, 6.07) is 7.56. The minimum Gasteiger partial charge on any atom is -0.342 e. The molecule has 6 heteroatoms. The van der Waals surface area contributed by atoms with E-state index in [1.54, 1.807) is 0 Å². The van der Waals surface area contributed by atoms with E-state index in [4.69, 9.17) is 4.98 Å². The summed E-state index contributed by atoms with van der Waals surface area (Å²) in [7, 11) is 0. The van der Waals surface area contributed by atoms with E-state index >= 15 is 0 Å². The Morgan fingerprint density at radius 1 is 1.10 bits per heavy atom. The number of thioether (sulfide) groups is 1. The van der Waals surface area contributed by atoms with Gasteiger partial charge in [-0.2, -0.15) is 0 Å². The molecule has 2 heterocycles. The first-order valence-electron chi connectivity index (χ1n) is 10.9. The molecule has 1 saturated heterocycles. The van der Waals surface area contributed by atoms with Gasteiger partial charge in [0, 0.05) is 19.1 Å². The van der Waals surface area contributed by atoms with Gasteiger partial charge in [-0.05, 0) is 50.7 Å². The highest BCUT2D eigenvalue weighted by Gasteiger charge is 2.20. The van der Waals surface area contributed by atoms with Crippen molar-refractivity contribution in [3.05, 3.63) is 34.6 Å². The van der Waals surface area contributed by atoms with Crippen LogP contribution in [-0.4, -0.2) is 39.2 Å². The fourth-order valence-corrected chi connectivity index (χ4v) is 4.93. The van der Waals surface area contributed by atoms with Gasteiger partial charge in [0.2, 0.25) is 5.91 Å². The van der Waals surface area contributed by atoms with Crippen LogP contribution in [0.1, 0.15) is 65.3 Å². The van der Waals surface area contributed by atoms with Crippen molar-refractivity contribution in [3.63, 3.8) is 0 Å². The van der Waals surface area contributed by atoms with Gasteiger partial charge in [-0.25, -0.2) is 4.98 Å². The lowest BCUT2D eigenvalue weighted by molar-refractivity contribution is -0.129. The predicted octanol–water partition coefficient (Wildman–Crippen LogP) is 4.89. The first-order chi connectivity index (χ1) is 14.0. The Kier molecular flexibility index (Phi) is 7.76. The van der Waals surface area contributed by atoms with Crippen molar-refractivity contribution < 1.29 is 4.79 Å². The highest BCUT2D eigenvalue weighted by molar-refractivity contribution is 7.99. The van der Waals surface area contributed by atoms with Crippen LogP contribution in [-0.2, 0) is 4.79 Å². The summed E-state index contributed by atoms with van der Waals surface area (Å²) in [4.78, 5) is 32.6. The molecule has 1 aliphatic rings. The van der Waals surface area contributed by atoms with E-state index in [2.05, 4.69) is 20.8 Å². The third kappa shape index (κ3) is 5.62. The smallest absolute Gasteiger partial charge is 0.262 e. The molecule has 0 radical (unpaired) electrons. The maximum absolute atomic E-state index is 13.2. The zero-order valence-electron chi connectivity index (χ0n) is 17.9. The monoisotopic (exact) mass is 415 g/mol. The topological polar surface area (TPSA) is 55.2 Å². The van der Waals surface area contributed by atoms with Crippen molar-refractivity contribution in [2.24, 2.45) is 5.92 Å². The van der Waals surface area contributed by atoms with Crippen LogP contribution in [0.15, 0.2) is 34.2 Å². The molecule has 0 N–H and O–H groups in total. The number of rotatable bonds is 8. The number of para-hydroxylation sites is 1. The quantitative estimate of drug-likeness (QED) is 0.455. The Morgan fingerprint density at radius 3 is 2.55 bits per heavy atom. The van der Waals surface area contributed by atoms with Crippen LogP contribution in [0, 0.1) is 5.92 Å². The lowest BCUT2D eigenvalue weighted by atomic mass is 10.0. The first kappa shape index (κ1) is 21.9. The molecule has 1 atom stereocenters. The molecule has 1 amide bonds. The van der Waals surface area contributed by atoms with Crippen LogP contribution in [0.3, 0.4) is 0 Å². The molecule has 0 bridgehead atoms. The molecule has 0 saturated carbocycles. The molecule has 1 aromatic carbocycles. The van der Waals surface area contributed by atoms with Gasteiger partial charge in [0.25, 0.3) is 5.56 Å². The SMILES string of the molecule is CC(C)CCCC(C)n1c(SCC(=O)N2CCCCC2)nc2ccccc2c1=O. The van der Waals surface area contributed by atoms with Gasteiger partial charge in [-0.15, -0.1) is 0 Å². The molecule has 1 aliphatic heterocycles. The predicted molar refractivity (Wildman–Crippen MR) is 121 cm³/mol. The number of carbonyl (C=O) groups excluding carboxylic acids is 1. The highest BCUT2D eigenvalue weighted by atomic mass is 32.2. The van der Waals surface area contributed by atoms with E-state index in [-0.39, 0.29) is 17.5 Å². The van der Waals surface area contributed by atoms with E-state index in [1.807, 2.05) is 33.7 Å². The molecule has 1 aromatic heterocycles. The van der Waals surface area contributed by atoms with Crippen LogP contribution < -0.4 is 5.56 Å². The Labute approximate surface area is 177 Å². The summed E-state index contributed by atoms with van der Waals surface area (Å²) in [6.07, 6.45) is 6.54. The minimum absolute atomic E-state index is 0.000526. The van der Waals surface area contributed by atoms with Crippen LogP contribution in [0.25, 0.3) is 10.9 Å². The van der Waals surface area contributed by atoms with Gasteiger partial charge in [-0.3, -0.25) is 14.2 Å². The number of hydrogen-bond donors (Lipinski definition) is 0. The van der Waals surface area contributed by atoms with Crippen molar-refractivity contribution in [1.29, 1.82) is 0 Å². The fraction of sp³-hybridized carbons (Fsp3) is 0.609. The van der Waals surface area contributed by atoms with Gasteiger partial charge in [0.05, 0.1) is 16.7 Å². The van der Waals surface area contributed by atoms with E-state index < -0.39 is 0 Å². The van der Waals surface area contributed by atoms with Crippen LogP contribution in [0.2, 0.25) is 0 Å². The summed E-state index contributed by atoms with van der Waals surface area (Å²) >= 11 is 1.41. The maximum Gasteiger partial charge on any atom is 0.262 e. The average Bonchev–Trinajstić information content (AvgIpc) is 2.72. The fourth-order valence-electron chi connectivity index (χ4n) is 3.93. The third-order valence-corrected chi connectivity index (χ3v) is 6.59. The van der Waals surface area contributed by atoms with Gasteiger partial charge in [0.1, 0.15) is 0 Å². The number of carbonyl (C=O) groups is 1. The Morgan fingerprint density at radius 2 is 1.83 bits per heavy atom. The van der Waals surface area contributed by atoms with Gasteiger partial charge >= 0.3 is 0 Å². The largest absolute Gasteiger partial charge is 0.342 e. The summed E-state index contributed by atoms with van der Waals surface area (Å²) in [5.41, 5.74) is 0.705. The molecule has 1 unspecified atom stereocenters. The molecule has 0 aliphatic carbocycles. The summed E-state index contributed by atoms with van der Waals surface area (Å²) in [6.45, 7) is 8.24. The van der Waals surface area contributed by atoms with Crippen molar-refractivity contribution >= 4 is 28.6 Å². The number of fused-ring (bicyclic) bond motifs is 1. The van der Waals surface area contributed by atoms with E-state index in [0.717, 1.165) is 45.2 Å². The molecule has 0 spiro atoms. The molecular formula is C23H33N3O2S. The van der Waals surface area contributed by atoms with Crippen LogP contribution in [0.5, 0.6) is 0 Å². The standard InChI is InChI=1S/C23H33N3O2S/c1-17(2)10-9-11-18(3)26-22(28)19-12-5-6-13-20(19)24-23(26)29-16-21(27)25-14-7-4-8-15-25/h5-6,12-13,17-18H,4,7-11,14-16H2,1-3H3. The molecule has 2 aromatic rings. The van der Waals surface area contributed by atoms with E-state index in [9.17, 15) is 9.59 Å². The van der Waals surface area contributed by atoms with Crippen LogP contribution in [0.4, 0.5) is 0 Å². The van der Waals surface area contributed by atoms with E-state index in [1.165, 1.54) is 18.2 Å². The normalized spacial score (nSPS) is 15.8. The molecule has 3 rings (SSSR count). The Hall–Kier alpha value is -1.82. The van der Waals surface area contributed by atoms with Crippen molar-refractivity contribution in [2.45, 2.75) is 70.5 Å². The zero-order chi connectivity index (χ0) is 20.8.